The van der Waals surface area contributed by atoms with Gasteiger partial charge in [0, 0.05) is 20.3 Å². The Kier molecular flexibility index (Phi) is 36.4. The highest BCUT2D eigenvalue weighted by molar-refractivity contribution is 5.74. The quantitative estimate of drug-likeness (QED) is 0.0867. The number of carbonyl (C=O) groups excluding carboxylic acids is 3. The van der Waals surface area contributed by atoms with E-state index in [1.165, 1.54) is 0 Å². The van der Waals surface area contributed by atoms with E-state index in [-0.39, 0.29) is 19.5 Å². The summed E-state index contributed by atoms with van der Waals surface area (Å²) >= 11 is 0. The Labute approximate surface area is 207 Å². The van der Waals surface area contributed by atoms with Crippen LogP contribution in [0.4, 0.5) is 0 Å². The van der Waals surface area contributed by atoms with Gasteiger partial charge in [-0.3, -0.25) is 19.2 Å². The molecule has 17 nitrogen and oxygen atoms in total. The van der Waals surface area contributed by atoms with Gasteiger partial charge in [0.15, 0.2) is 6.29 Å². The molecule has 17 heteroatoms. The monoisotopic (exact) mass is 537 g/mol. The molecule has 0 aromatic heterocycles. The van der Waals surface area contributed by atoms with Crippen molar-refractivity contribution in [2.75, 3.05) is 26.4 Å². The van der Waals surface area contributed by atoms with Crippen LogP contribution in [0.5, 0.6) is 0 Å². The Morgan fingerprint density at radius 3 is 1.44 bits per heavy atom. The summed E-state index contributed by atoms with van der Waals surface area (Å²) in [6.07, 6.45) is -6.88. The van der Waals surface area contributed by atoms with Crippen LogP contribution in [-0.2, 0) is 28.7 Å². The van der Waals surface area contributed by atoms with Crippen LogP contribution in [0.15, 0.2) is 0 Å². The number of carboxylic acid groups (broad SMARTS) is 2. The molecule has 0 fully saturated rings. The van der Waals surface area contributed by atoms with Gasteiger partial charge in [0.2, 0.25) is 5.91 Å². The van der Waals surface area contributed by atoms with Gasteiger partial charge in [-0.25, -0.2) is 0 Å². The topological polar surface area (TPSA) is 323 Å². The third-order valence-corrected chi connectivity index (χ3v) is 2.73. The number of ether oxygens (including phenoxy) is 1. The number of amides is 1. The molecule has 0 radical (unpaired) electrons. The first-order valence-electron chi connectivity index (χ1n) is 9.99. The molecule has 4 atom stereocenters. The number of carboxylic acids is 2. The van der Waals surface area contributed by atoms with Gasteiger partial charge in [-0.2, -0.15) is 0 Å². The van der Waals surface area contributed by atoms with E-state index >= 15 is 0 Å². The van der Waals surface area contributed by atoms with E-state index in [0.717, 1.165) is 20.3 Å². The van der Waals surface area contributed by atoms with E-state index in [0.29, 0.717) is 6.42 Å². The second-order valence-corrected chi connectivity index (χ2v) is 6.28. The molecule has 12 N–H and O–H groups in total. The molecule has 0 aromatic rings. The molecular weight excluding hydrogens is 498 g/mol. The van der Waals surface area contributed by atoms with E-state index < -0.39 is 67.5 Å². The Morgan fingerprint density at radius 2 is 1.28 bits per heavy atom. The largest absolute Gasteiger partial charge is 0.481 e. The molecule has 1 amide bonds. The minimum absolute atomic E-state index is 0.0203. The first-order chi connectivity index (χ1) is 16.5. The van der Waals surface area contributed by atoms with Crippen LogP contribution in [0.2, 0.25) is 0 Å². The number of hydrogen-bond acceptors (Lipinski definition) is 14. The van der Waals surface area contributed by atoms with Crippen molar-refractivity contribution in [3.8, 4) is 0 Å². The summed E-state index contributed by atoms with van der Waals surface area (Å²) in [4.78, 5) is 48.3. The van der Waals surface area contributed by atoms with E-state index in [1.807, 2.05) is 6.92 Å². The molecule has 0 bridgehead atoms. The zero-order chi connectivity index (χ0) is 29.9. The predicted molar refractivity (Wildman–Crippen MR) is 119 cm³/mol. The normalized spacial score (nSPS) is 12.6. The fourth-order valence-corrected chi connectivity index (χ4v) is 1.08. The number of hydrogen-bond donors (Lipinski definition) is 11. The lowest BCUT2D eigenvalue weighted by molar-refractivity contribution is -0.154. The molecule has 0 heterocycles. The Balaban J connectivity index is -0.000000126. The van der Waals surface area contributed by atoms with Gasteiger partial charge in [-0.1, -0.05) is 6.92 Å². The van der Waals surface area contributed by atoms with Gasteiger partial charge in [0.25, 0.3) is 5.97 Å². The number of rotatable bonds is 11. The first-order valence-corrected chi connectivity index (χ1v) is 9.99. The average molecular weight is 538 g/mol. The van der Waals surface area contributed by atoms with Gasteiger partial charge < -0.3 is 66.3 Å². The van der Waals surface area contributed by atoms with Crippen molar-refractivity contribution >= 4 is 30.1 Å². The van der Waals surface area contributed by atoms with Crippen molar-refractivity contribution in [2.45, 2.75) is 64.1 Å². The maximum Gasteiger partial charge on any atom is 0.303 e. The molecule has 0 aliphatic rings. The fourth-order valence-electron chi connectivity index (χ4n) is 1.08. The number of primary amides is 1. The fraction of sp³-hybridized carbons (Fsp3) is 0.737. The third kappa shape index (κ3) is 44.8. The van der Waals surface area contributed by atoms with Crippen molar-refractivity contribution in [3.63, 3.8) is 0 Å². The van der Waals surface area contributed by atoms with Crippen molar-refractivity contribution in [1.82, 2.24) is 0 Å². The third-order valence-electron chi connectivity index (χ3n) is 2.73. The molecule has 36 heavy (non-hydrogen) atoms. The molecule has 0 spiro atoms. The highest BCUT2D eigenvalue weighted by Crippen LogP contribution is 2.04. The van der Waals surface area contributed by atoms with Crippen LogP contribution >= 0.6 is 0 Å². The predicted octanol–water partition coefficient (Wildman–Crippen LogP) is -5.05. The van der Waals surface area contributed by atoms with Crippen LogP contribution < -0.4 is 5.73 Å². The lowest BCUT2D eigenvalue weighted by Crippen LogP contribution is -2.46. The van der Waals surface area contributed by atoms with Gasteiger partial charge in [0.05, 0.1) is 13.2 Å². The van der Waals surface area contributed by atoms with Crippen LogP contribution in [0, 0.1) is 0 Å². The number of nitrogens with two attached hydrogens (primary N) is 1. The van der Waals surface area contributed by atoms with E-state index in [9.17, 15) is 24.3 Å². The van der Waals surface area contributed by atoms with Crippen molar-refractivity contribution in [3.05, 3.63) is 0 Å². The standard InChI is InChI=1S/C8H14O7.C4H8O2.C3H8O3.C2H5NO2.C2H4O2/c1-4(10)15-3-6(12)8(14)7(13)5(11)2-9;1-2-3-4(5)6;4-1-3(6)2-5;3-2(5)1-4;1-2(3)4/h2,5-8,11-14H,3H2,1H3;2-3H2,1H3,(H,5,6);3-6H,1-2H2;4H,1H2,(H2,3,5);1H3,(H,3,4)/t5-,6+,7+,8+;;;;/m0..../s1. The summed E-state index contributed by atoms with van der Waals surface area (Å²) in [6.45, 7) is 2.22. The summed E-state index contributed by atoms with van der Waals surface area (Å²) in [6, 6.07) is 0. The molecule has 0 aliphatic carbocycles. The average Bonchev–Trinajstić information content (AvgIpc) is 2.80. The van der Waals surface area contributed by atoms with Crippen molar-refractivity contribution in [1.29, 1.82) is 0 Å². The molecule has 0 aromatic carbocycles. The smallest absolute Gasteiger partial charge is 0.303 e. The summed E-state index contributed by atoms with van der Waals surface area (Å²) in [7, 11) is 0. The Morgan fingerprint density at radius 1 is 0.889 bits per heavy atom. The number of esters is 1. The molecule has 0 rings (SSSR count). The van der Waals surface area contributed by atoms with E-state index in [4.69, 9.17) is 50.8 Å². The highest BCUT2D eigenvalue weighted by Gasteiger charge is 2.30. The van der Waals surface area contributed by atoms with Crippen LogP contribution in [-0.4, -0.2) is 138 Å². The molecule has 0 aliphatic heterocycles. The summed E-state index contributed by atoms with van der Waals surface area (Å²) < 4.78 is 4.36. The van der Waals surface area contributed by atoms with Gasteiger partial charge in [-0.05, 0) is 6.42 Å². The van der Waals surface area contributed by atoms with Crippen LogP contribution in [0.25, 0.3) is 0 Å². The second kappa shape index (κ2) is 30.3. The number of carbonyl (C=O) groups is 5. The lowest BCUT2D eigenvalue weighted by atomic mass is 10.0. The molecule has 0 unspecified atom stereocenters. The van der Waals surface area contributed by atoms with E-state index in [1.54, 1.807) is 0 Å². The SMILES string of the molecule is CC(=O)O.CC(=O)OC[C@@H](O)[C@@H](O)[C@H](O)[C@@H](O)C=O.CCCC(=O)O.NC(=O)CO.OCC(O)CO. The van der Waals surface area contributed by atoms with Gasteiger partial charge in [0.1, 0.15) is 43.7 Å². The molecular formula is C19H39NO16. The lowest BCUT2D eigenvalue weighted by Gasteiger charge is -2.23. The molecule has 0 saturated carbocycles. The number of aliphatic hydroxyl groups excluding tert-OH is 8. The summed E-state index contributed by atoms with van der Waals surface area (Å²) in [5.41, 5.74) is 4.40. The van der Waals surface area contributed by atoms with Gasteiger partial charge >= 0.3 is 11.9 Å². The maximum atomic E-state index is 10.3. The number of aliphatic hydroxyl groups is 8. The Bertz CT molecular complexity index is 566. The van der Waals surface area contributed by atoms with Crippen LogP contribution in [0.3, 0.4) is 0 Å². The zero-order valence-electron chi connectivity index (χ0n) is 20.2. The minimum Gasteiger partial charge on any atom is -0.481 e. The molecule has 216 valence electrons. The van der Waals surface area contributed by atoms with Crippen molar-refractivity contribution in [2.24, 2.45) is 5.73 Å². The second-order valence-electron chi connectivity index (χ2n) is 6.28. The first kappa shape index (κ1) is 43.3. The minimum atomic E-state index is -1.83. The highest BCUT2D eigenvalue weighted by atomic mass is 16.5. The van der Waals surface area contributed by atoms with E-state index in [2.05, 4.69) is 10.5 Å². The van der Waals surface area contributed by atoms with Gasteiger partial charge in [-0.15, -0.1) is 0 Å². The number of aldehydes is 1. The van der Waals surface area contributed by atoms with Crippen molar-refractivity contribution < 1.29 is 79.8 Å². The molecule has 0 saturated heterocycles. The van der Waals surface area contributed by atoms with Crippen LogP contribution in [0.1, 0.15) is 33.6 Å². The zero-order valence-corrected chi connectivity index (χ0v) is 20.2. The summed E-state index contributed by atoms with van der Waals surface area (Å²) in [5, 5.41) is 83.3. The number of aliphatic carboxylic acids is 2. The maximum absolute atomic E-state index is 10.3. The summed E-state index contributed by atoms with van der Waals surface area (Å²) in [5.74, 6) is -2.89. The Hall–Kier alpha value is -2.77.